The van der Waals surface area contributed by atoms with Gasteiger partial charge in [-0.1, -0.05) is 23.8 Å². The third-order valence-corrected chi connectivity index (χ3v) is 3.91. The van der Waals surface area contributed by atoms with E-state index in [1.165, 1.54) is 0 Å². The van der Waals surface area contributed by atoms with Crippen molar-refractivity contribution in [2.24, 2.45) is 0 Å². The van der Waals surface area contributed by atoms with Gasteiger partial charge in [0.25, 0.3) is 0 Å². The number of nitrogens with zero attached hydrogens (tertiary/aromatic N) is 1. The standard InChI is InChI=1S/C10H13NOS2/c1-2-9(12)6-8-13-14-10-5-3-4-7-11-10/h3-5,7H,2,6,8H2,1H3. The zero-order valence-electron chi connectivity index (χ0n) is 8.10. The largest absolute Gasteiger partial charge is 0.300 e. The molecule has 0 aromatic carbocycles. The van der Waals surface area contributed by atoms with Gasteiger partial charge >= 0.3 is 0 Å². The molecule has 0 amide bonds. The van der Waals surface area contributed by atoms with Crippen molar-refractivity contribution in [3.8, 4) is 0 Å². The lowest BCUT2D eigenvalue weighted by Crippen LogP contribution is -1.95. The number of ketones is 1. The molecule has 4 heteroatoms. The van der Waals surface area contributed by atoms with Crippen LogP contribution in [0.1, 0.15) is 19.8 Å². The summed E-state index contributed by atoms with van der Waals surface area (Å²) in [5.41, 5.74) is 0. The number of aromatic nitrogens is 1. The molecule has 0 saturated carbocycles. The van der Waals surface area contributed by atoms with Crippen molar-refractivity contribution in [2.45, 2.75) is 24.8 Å². The number of carbonyl (C=O) groups is 1. The second kappa shape index (κ2) is 6.90. The van der Waals surface area contributed by atoms with Gasteiger partial charge in [-0.2, -0.15) is 0 Å². The fourth-order valence-corrected chi connectivity index (χ4v) is 2.74. The summed E-state index contributed by atoms with van der Waals surface area (Å²) in [5, 5.41) is 1.00. The molecule has 0 atom stereocenters. The molecule has 1 rings (SSSR count). The van der Waals surface area contributed by atoms with Gasteiger partial charge in [0.1, 0.15) is 10.8 Å². The molecule has 0 bridgehead atoms. The maximum absolute atomic E-state index is 11.0. The van der Waals surface area contributed by atoms with Gasteiger partial charge in [0.05, 0.1) is 0 Å². The van der Waals surface area contributed by atoms with Crippen LogP contribution in [-0.4, -0.2) is 16.5 Å². The van der Waals surface area contributed by atoms with E-state index in [2.05, 4.69) is 4.98 Å². The highest BCUT2D eigenvalue weighted by Crippen LogP contribution is 2.29. The molecule has 1 aromatic heterocycles. The molecular weight excluding hydrogens is 214 g/mol. The minimum absolute atomic E-state index is 0.333. The van der Waals surface area contributed by atoms with Crippen molar-refractivity contribution in [2.75, 3.05) is 5.75 Å². The second-order valence-electron chi connectivity index (χ2n) is 2.72. The molecule has 14 heavy (non-hydrogen) atoms. The Kier molecular flexibility index (Phi) is 5.71. The summed E-state index contributed by atoms with van der Waals surface area (Å²) in [5.74, 6) is 1.20. The molecule has 0 aliphatic heterocycles. The van der Waals surface area contributed by atoms with Gasteiger partial charge in [-0.25, -0.2) is 4.98 Å². The van der Waals surface area contributed by atoms with E-state index in [-0.39, 0.29) is 0 Å². The van der Waals surface area contributed by atoms with Crippen LogP contribution in [0.15, 0.2) is 29.4 Å². The third kappa shape index (κ3) is 4.67. The van der Waals surface area contributed by atoms with E-state index in [1.54, 1.807) is 27.8 Å². The van der Waals surface area contributed by atoms with Crippen LogP contribution in [0.3, 0.4) is 0 Å². The first-order valence-electron chi connectivity index (χ1n) is 4.55. The first-order chi connectivity index (χ1) is 6.83. The summed E-state index contributed by atoms with van der Waals surface area (Å²) < 4.78 is 0. The van der Waals surface area contributed by atoms with Crippen molar-refractivity contribution in [3.05, 3.63) is 24.4 Å². The van der Waals surface area contributed by atoms with Gasteiger partial charge in [0, 0.05) is 24.8 Å². The highest BCUT2D eigenvalue weighted by molar-refractivity contribution is 8.76. The van der Waals surface area contributed by atoms with E-state index in [1.807, 2.05) is 25.1 Å². The predicted molar refractivity (Wildman–Crippen MR) is 62.5 cm³/mol. The maximum Gasteiger partial charge on any atom is 0.133 e. The number of carbonyl (C=O) groups excluding carboxylic acids is 1. The zero-order chi connectivity index (χ0) is 10.2. The second-order valence-corrected chi connectivity index (χ2v) is 5.15. The SMILES string of the molecule is CCC(=O)CCSSc1ccccn1. The molecule has 76 valence electrons. The van der Waals surface area contributed by atoms with Crippen LogP contribution in [0.5, 0.6) is 0 Å². The Morgan fingerprint density at radius 2 is 2.36 bits per heavy atom. The molecular formula is C10H13NOS2. The first-order valence-corrected chi connectivity index (χ1v) is 6.87. The molecule has 0 saturated heterocycles. The van der Waals surface area contributed by atoms with E-state index >= 15 is 0 Å². The molecule has 2 nitrogen and oxygen atoms in total. The molecule has 0 fully saturated rings. The van der Waals surface area contributed by atoms with E-state index in [0.717, 1.165) is 10.8 Å². The molecule has 0 radical (unpaired) electrons. The number of hydrogen-bond donors (Lipinski definition) is 0. The lowest BCUT2D eigenvalue weighted by Gasteiger charge is -1.98. The van der Waals surface area contributed by atoms with Crippen LogP contribution in [0.2, 0.25) is 0 Å². The Balaban J connectivity index is 2.13. The normalized spacial score (nSPS) is 10.1. The van der Waals surface area contributed by atoms with Gasteiger partial charge in [0.2, 0.25) is 0 Å². The maximum atomic E-state index is 11.0. The third-order valence-electron chi connectivity index (χ3n) is 1.64. The van der Waals surface area contributed by atoms with Crippen LogP contribution in [0, 0.1) is 0 Å². The first kappa shape index (κ1) is 11.6. The van der Waals surface area contributed by atoms with Crippen molar-refractivity contribution in [3.63, 3.8) is 0 Å². The van der Waals surface area contributed by atoms with Crippen LogP contribution >= 0.6 is 21.6 Å². The van der Waals surface area contributed by atoms with Crippen molar-refractivity contribution >= 4 is 27.4 Å². The molecule has 0 spiro atoms. The Bertz CT molecular complexity index is 277. The summed E-state index contributed by atoms with van der Waals surface area (Å²) in [7, 11) is 3.31. The smallest absolute Gasteiger partial charge is 0.133 e. The van der Waals surface area contributed by atoms with E-state index in [0.29, 0.717) is 18.6 Å². The van der Waals surface area contributed by atoms with Crippen molar-refractivity contribution in [1.29, 1.82) is 0 Å². The van der Waals surface area contributed by atoms with Gasteiger partial charge in [-0.3, -0.25) is 4.79 Å². The topological polar surface area (TPSA) is 30.0 Å². The summed E-state index contributed by atoms with van der Waals surface area (Å²) >= 11 is 0. The molecule has 0 aliphatic carbocycles. The lowest BCUT2D eigenvalue weighted by atomic mass is 10.2. The lowest BCUT2D eigenvalue weighted by molar-refractivity contribution is -0.118. The monoisotopic (exact) mass is 227 g/mol. The Morgan fingerprint density at radius 1 is 1.50 bits per heavy atom. The zero-order valence-corrected chi connectivity index (χ0v) is 9.74. The van der Waals surface area contributed by atoms with Gasteiger partial charge in [0.15, 0.2) is 0 Å². The molecule has 1 aromatic rings. The fourth-order valence-electron chi connectivity index (χ4n) is 0.831. The van der Waals surface area contributed by atoms with E-state index in [9.17, 15) is 4.79 Å². The van der Waals surface area contributed by atoms with E-state index in [4.69, 9.17) is 0 Å². The predicted octanol–water partition coefficient (Wildman–Crippen LogP) is 3.19. The number of hydrogen-bond acceptors (Lipinski definition) is 4. The Hall–Kier alpha value is -0.480. The van der Waals surface area contributed by atoms with E-state index < -0.39 is 0 Å². The van der Waals surface area contributed by atoms with Gasteiger partial charge < -0.3 is 0 Å². The summed E-state index contributed by atoms with van der Waals surface area (Å²) in [6, 6.07) is 5.84. The number of rotatable bonds is 6. The average Bonchev–Trinajstić information content (AvgIpc) is 2.25. The quantitative estimate of drug-likeness (QED) is 0.551. The van der Waals surface area contributed by atoms with Gasteiger partial charge in [-0.15, -0.1) is 0 Å². The van der Waals surface area contributed by atoms with Gasteiger partial charge in [-0.05, 0) is 22.9 Å². The minimum atomic E-state index is 0.333. The molecule has 0 aliphatic rings. The highest BCUT2D eigenvalue weighted by Gasteiger charge is 1.99. The average molecular weight is 227 g/mol. The van der Waals surface area contributed by atoms with Crippen LogP contribution in [-0.2, 0) is 4.79 Å². The summed E-state index contributed by atoms with van der Waals surface area (Å²) in [6.07, 6.45) is 3.09. The van der Waals surface area contributed by atoms with Crippen LogP contribution in [0.25, 0.3) is 0 Å². The highest BCUT2D eigenvalue weighted by atomic mass is 33.1. The number of Topliss-reactive ketones (excluding diaryl/α,β-unsaturated/α-hetero) is 1. The molecule has 1 heterocycles. The van der Waals surface area contributed by atoms with Crippen LogP contribution in [0.4, 0.5) is 0 Å². The number of pyridine rings is 1. The fraction of sp³-hybridized carbons (Fsp3) is 0.400. The Labute approximate surface area is 92.3 Å². The summed E-state index contributed by atoms with van der Waals surface area (Å²) in [6.45, 7) is 1.90. The summed E-state index contributed by atoms with van der Waals surface area (Å²) in [4.78, 5) is 15.2. The van der Waals surface area contributed by atoms with Crippen LogP contribution < -0.4 is 0 Å². The molecule has 0 N–H and O–H groups in total. The van der Waals surface area contributed by atoms with Crippen molar-refractivity contribution in [1.82, 2.24) is 4.98 Å². The molecule has 0 unspecified atom stereocenters. The van der Waals surface area contributed by atoms with Crippen molar-refractivity contribution < 1.29 is 4.79 Å². The minimum Gasteiger partial charge on any atom is -0.300 e. The Morgan fingerprint density at radius 3 is 3.00 bits per heavy atom.